The molecule has 0 spiro atoms. The summed E-state index contributed by atoms with van der Waals surface area (Å²) in [6, 6.07) is 0.0548. The maximum absolute atomic E-state index is 12.6. The second kappa shape index (κ2) is 5.37. The van der Waals surface area contributed by atoms with Crippen LogP contribution in [0.15, 0.2) is 4.90 Å². The van der Waals surface area contributed by atoms with Crippen molar-refractivity contribution >= 4 is 25.6 Å². The van der Waals surface area contributed by atoms with Gasteiger partial charge in [-0.2, -0.15) is 5.10 Å². The van der Waals surface area contributed by atoms with Gasteiger partial charge in [0.2, 0.25) is 0 Å². The topological polar surface area (TPSA) is 83.1 Å². The minimum atomic E-state index is -4.00. The Morgan fingerprint density at radius 1 is 1.45 bits per heavy atom. The van der Waals surface area contributed by atoms with Crippen LogP contribution >= 0.6 is 10.7 Å². The number of amides is 1. The summed E-state index contributed by atoms with van der Waals surface area (Å²) in [6.07, 6.45) is 1.97. The van der Waals surface area contributed by atoms with Gasteiger partial charge in [-0.3, -0.25) is 9.89 Å². The molecule has 1 amide bonds. The number of likely N-dealkylation sites (tertiary alicyclic amines) is 1. The summed E-state index contributed by atoms with van der Waals surface area (Å²) in [7, 11) is 1.40. The molecule has 1 fully saturated rings. The van der Waals surface area contributed by atoms with Gasteiger partial charge in [0.1, 0.15) is 4.90 Å². The number of hydrogen-bond acceptors (Lipinski definition) is 4. The maximum atomic E-state index is 12.6. The van der Waals surface area contributed by atoms with Crippen LogP contribution in [-0.4, -0.2) is 42.0 Å². The first-order valence-electron chi connectivity index (χ1n) is 6.54. The van der Waals surface area contributed by atoms with Gasteiger partial charge in [-0.1, -0.05) is 6.92 Å². The summed E-state index contributed by atoms with van der Waals surface area (Å²) in [5.74, 6) is -0.00331. The quantitative estimate of drug-likeness (QED) is 0.844. The van der Waals surface area contributed by atoms with Crippen molar-refractivity contribution in [3.8, 4) is 0 Å². The third-order valence-corrected chi connectivity index (χ3v) is 5.42. The van der Waals surface area contributed by atoms with E-state index in [1.165, 1.54) is 6.92 Å². The number of H-pyrrole nitrogens is 1. The highest BCUT2D eigenvalue weighted by molar-refractivity contribution is 8.13. The molecule has 20 heavy (non-hydrogen) atoms. The summed E-state index contributed by atoms with van der Waals surface area (Å²) in [5.41, 5.74) is 0.166. The number of hydrogen-bond donors (Lipinski definition) is 1. The molecular formula is C12H18ClN3O3S. The lowest BCUT2D eigenvalue weighted by Gasteiger charge is -2.37. The lowest BCUT2D eigenvalue weighted by molar-refractivity contribution is 0.0541. The number of nitrogens with one attached hydrogen (secondary N) is 1. The monoisotopic (exact) mass is 319 g/mol. The van der Waals surface area contributed by atoms with Gasteiger partial charge in [0, 0.05) is 23.3 Å². The number of carbonyl (C=O) groups excluding carboxylic acids is 1. The molecule has 6 nitrogen and oxygen atoms in total. The molecule has 2 atom stereocenters. The van der Waals surface area contributed by atoms with Crippen LogP contribution in [-0.2, 0) is 9.05 Å². The van der Waals surface area contributed by atoms with Crippen LogP contribution in [0.25, 0.3) is 0 Å². The van der Waals surface area contributed by atoms with Crippen molar-refractivity contribution in [3.63, 3.8) is 0 Å². The Kier molecular flexibility index (Phi) is 4.11. The smallest absolute Gasteiger partial charge is 0.276 e. The third kappa shape index (κ3) is 2.69. The summed E-state index contributed by atoms with van der Waals surface area (Å²) in [4.78, 5) is 14.0. The summed E-state index contributed by atoms with van der Waals surface area (Å²) in [6.45, 7) is 6.19. The minimum absolute atomic E-state index is 0.0548. The van der Waals surface area contributed by atoms with E-state index in [2.05, 4.69) is 17.1 Å². The van der Waals surface area contributed by atoms with E-state index >= 15 is 0 Å². The molecule has 1 N–H and O–H groups in total. The zero-order valence-electron chi connectivity index (χ0n) is 11.7. The fourth-order valence-electron chi connectivity index (χ4n) is 2.62. The van der Waals surface area contributed by atoms with E-state index in [1.54, 1.807) is 4.90 Å². The molecule has 1 aliphatic heterocycles. The van der Waals surface area contributed by atoms with Crippen LogP contribution in [0.5, 0.6) is 0 Å². The first-order chi connectivity index (χ1) is 9.23. The first-order valence-corrected chi connectivity index (χ1v) is 8.85. The molecule has 0 saturated carbocycles. The molecule has 8 heteroatoms. The van der Waals surface area contributed by atoms with Gasteiger partial charge in [-0.25, -0.2) is 8.42 Å². The van der Waals surface area contributed by atoms with Crippen LogP contribution < -0.4 is 0 Å². The van der Waals surface area contributed by atoms with Gasteiger partial charge < -0.3 is 4.90 Å². The number of aryl methyl sites for hydroxylation is 1. The van der Waals surface area contributed by atoms with Crippen LogP contribution in [0.3, 0.4) is 0 Å². The number of rotatable bonds is 2. The van der Waals surface area contributed by atoms with E-state index in [-0.39, 0.29) is 28.2 Å². The van der Waals surface area contributed by atoms with Crippen LogP contribution in [0.1, 0.15) is 42.9 Å². The predicted molar refractivity (Wildman–Crippen MR) is 75.3 cm³/mol. The van der Waals surface area contributed by atoms with Crippen LogP contribution in [0.4, 0.5) is 0 Å². The van der Waals surface area contributed by atoms with Gasteiger partial charge in [0.25, 0.3) is 15.0 Å². The van der Waals surface area contributed by atoms with E-state index < -0.39 is 9.05 Å². The molecule has 0 radical (unpaired) electrons. The minimum Gasteiger partial charge on any atom is -0.334 e. The fourth-order valence-corrected chi connectivity index (χ4v) is 3.96. The van der Waals surface area contributed by atoms with E-state index in [4.69, 9.17) is 10.7 Å². The maximum Gasteiger partial charge on any atom is 0.276 e. The lowest BCUT2D eigenvalue weighted by Crippen LogP contribution is -2.46. The Morgan fingerprint density at radius 3 is 2.70 bits per heavy atom. The Balaban J connectivity index is 2.40. The van der Waals surface area contributed by atoms with Crippen LogP contribution in [0.2, 0.25) is 0 Å². The molecule has 1 saturated heterocycles. The third-order valence-electron chi connectivity index (χ3n) is 3.97. The SMILES string of the molecule is Cc1[nH]nc(C(=O)N2CCCC(C)C2C)c1S(=O)(=O)Cl. The van der Waals surface area contributed by atoms with E-state index in [0.717, 1.165) is 12.8 Å². The number of piperidine rings is 1. The Labute approximate surface area is 122 Å². The van der Waals surface area contributed by atoms with Crippen molar-refractivity contribution in [2.75, 3.05) is 6.54 Å². The largest absolute Gasteiger partial charge is 0.334 e. The molecule has 1 aliphatic rings. The second-order valence-electron chi connectivity index (χ2n) is 5.32. The molecule has 112 valence electrons. The zero-order valence-corrected chi connectivity index (χ0v) is 13.3. The van der Waals surface area contributed by atoms with E-state index in [0.29, 0.717) is 12.5 Å². The number of aromatic nitrogens is 2. The highest BCUT2D eigenvalue weighted by atomic mass is 35.7. The van der Waals surface area contributed by atoms with Gasteiger partial charge in [-0.15, -0.1) is 0 Å². The lowest BCUT2D eigenvalue weighted by atomic mass is 9.92. The zero-order chi connectivity index (χ0) is 15.1. The van der Waals surface area contributed by atoms with Gasteiger partial charge in [0.05, 0.1) is 5.69 Å². The van der Waals surface area contributed by atoms with E-state index in [1.807, 2.05) is 6.92 Å². The van der Waals surface area contributed by atoms with Crippen molar-refractivity contribution in [1.82, 2.24) is 15.1 Å². The number of carbonyl (C=O) groups is 1. The molecule has 2 heterocycles. The highest BCUT2D eigenvalue weighted by Crippen LogP contribution is 2.28. The molecule has 1 aromatic rings. The normalized spacial score (nSPS) is 23.9. The number of nitrogens with zero attached hydrogens (tertiary/aromatic N) is 2. The van der Waals surface area contributed by atoms with Crippen molar-refractivity contribution in [3.05, 3.63) is 11.4 Å². The molecule has 1 aromatic heterocycles. The molecule has 2 rings (SSSR count). The molecular weight excluding hydrogens is 302 g/mol. The van der Waals surface area contributed by atoms with Crippen molar-refractivity contribution in [1.29, 1.82) is 0 Å². The molecule has 0 bridgehead atoms. The van der Waals surface area contributed by atoms with Gasteiger partial charge in [0.15, 0.2) is 5.69 Å². The Hall–Kier alpha value is -1.08. The molecule has 2 unspecified atom stereocenters. The van der Waals surface area contributed by atoms with Crippen LogP contribution in [0, 0.1) is 12.8 Å². The van der Waals surface area contributed by atoms with E-state index in [9.17, 15) is 13.2 Å². The average molecular weight is 320 g/mol. The summed E-state index contributed by atoms with van der Waals surface area (Å²) in [5, 5.41) is 6.37. The predicted octanol–water partition coefficient (Wildman–Crippen LogP) is 1.91. The first kappa shape index (κ1) is 15.3. The standard InChI is InChI=1S/C12H18ClN3O3S/c1-7-5-4-6-16(9(7)3)12(17)10-11(20(13,18)19)8(2)14-15-10/h7,9H,4-6H2,1-3H3,(H,14,15). The molecule has 0 aliphatic carbocycles. The van der Waals surface area contributed by atoms with Crippen molar-refractivity contribution < 1.29 is 13.2 Å². The number of aromatic amines is 1. The van der Waals surface area contributed by atoms with Crippen molar-refractivity contribution in [2.45, 2.75) is 44.6 Å². The average Bonchev–Trinajstić information content (AvgIpc) is 2.73. The Bertz CT molecular complexity index is 626. The van der Waals surface area contributed by atoms with Gasteiger partial charge >= 0.3 is 0 Å². The summed E-state index contributed by atoms with van der Waals surface area (Å²) >= 11 is 0. The number of halogens is 1. The second-order valence-corrected chi connectivity index (χ2v) is 7.83. The van der Waals surface area contributed by atoms with Crippen molar-refractivity contribution in [2.24, 2.45) is 5.92 Å². The highest BCUT2D eigenvalue weighted by Gasteiger charge is 2.34. The van der Waals surface area contributed by atoms with Gasteiger partial charge in [-0.05, 0) is 32.6 Å². The molecule has 0 aromatic carbocycles. The Morgan fingerprint density at radius 2 is 2.10 bits per heavy atom. The fraction of sp³-hybridized carbons (Fsp3) is 0.667. The summed E-state index contributed by atoms with van der Waals surface area (Å²) < 4.78 is 23.2.